The highest BCUT2D eigenvalue weighted by Gasteiger charge is 2.11. The molecule has 2 aromatic rings. The van der Waals surface area contributed by atoms with Crippen molar-refractivity contribution in [3.63, 3.8) is 0 Å². The molecule has 2 aromatic heterocycles. The number of nitro groups is 1. The molecule has 0 spiro atoms. The smallest absolute Gasteiger partial charge is 0.277 e. The predicted octanol–water partition coefficient (Wildman–Crippen LogP) is 1.34. The minimum Gasteiger partial charge on any atom is -0.369 e. The van der Waals surface area contributed by atoms with Crippen LogP contribution >= 0.6 is 0 Å². The third-order valence-electron chi connectivity index (χ3n) is 2.33. The maximum absolute atomic E-state index is 10.8. The molecule has 0 fully saturated rings. The van der Waals surface area contributed by atoms with E-state index in [4.69, 9.17) is 0 Å². The first-order chi connectivity index (χ1) is 8.66. The van der Waals surface area contributed by atoms with Crippen LogP contribution < -0.4 is 5.32 Å². The van der Waals surface area contributed by atoms with Crippen LogP contribution in [-0.2, 0) is 6.42 Å². The van der Waals surface area contributed by atoms with E-state index >= 15 is 0 Å². The second-order valence-electron chi connectivity index (χ2n) is 3.64. The summed E-state index contributed by atoms with van der Waals surface area (Å²) in [6, 6.07) is 1.41. The molecule has 0 radical (unpaired) electrons. The molecular formula is C10H11N5O3. The Labute approximate surface area is 102 Å². The van der Waals surface area contributed by atoms with Gasteiger partial charge in [0, 0.05) is 24.7 Å². The van der Waals surface area contributed by atoms with Crippen LogP contribution in [0.2, 0.25) is 0 Å². The first kappa shape index (κ1) is 12.0. The van der Waals surface area contributed by atoms with Crippen molar-refractivity contribution >= 4 is 11.5 Å². The summed E-state index contributed by atoms with van der Waals surface area (Å²) >= 11 is 0. The Morgan fingerprint density at radius 3 is 3.00 bits per heavy atom. The number of rotatable bonds is 5. The largest absolute Gasteiger partial charge is 0.369 e. The average molecular weight is 249 g/mol. The molecule has 0 saturated carbocycles. The molecule has 8 heteroatoms. The SMILES string of the molecule is Cc1cnc(NCCc2ncon2)cc1[N+](=O)[O-]. The van der Waals surface area contributed by atoms with Crippen LogP contribution in [0.1, 0.15) is 11.4 Å². The van der Waals surface area contributed by atoms with E-state index in [9.17, 15) is 10.1 Å². The molecule has 0 unspecified atom stereocenters. The minimum absolute atomic E-state index is 0.0482. The van der Waals surface area contributed by atoms with Crippen LogP contribution in [0.5, 0.6) is 0 Å². The van der Waals surface area contributed by atoms with Gasteiger partial charge in [-0.3, -0.25) is 10.1 Å². The van der Waals surface area contributed by atoms with Crippen LogP contribution in [0.25, 0.3) is 0 Å². The number of nitrogens with zero attached hydrogens (tertiary/aromatic N) is 4. The monoisotopic (exact) mass is 249 g/mol. The van der Waals surface area contributed by atoms with Crippen LogP contribution in [0.15, 0.2) is 23.2 Å². The summed E-state index contributed by atoms with van der Waals surface area (Å²) in [6.07, 6.45) is 3.28. The van der Waals surface area contributed by atoms with Crippen LogP contribution in [0, 0.1) is 17.0 Å². The molecule has 0 aromatic carbocycles. The van der Waals surface area contributed by atoms with Gasteiger partial charge < -0.3 is 9.84 Å². The van der Waals surface area contributed by atoms with Gasteiger partial charge in [0.2, 0.25) is 6.39 Å². The first-order valence-corrected chi connectivity index (χ1v) is 5.27. The fourth-order valence-corrected chi connectivity index (χ4v) is 1.41. The van der Waals surface area contributed by atoms with Crippen molar-refractivity contribution in [3.8, 4) is 0 Å². The molecule has 2 heterocycles. The Bertz CT molecular complexity index is 540. The van der Waals surface area contributed by atoms with E-state index in [1.54, 1.807) is 6.92 Å². The number of aromatic nitrogens is 3. The van der Waals surface area contributed by atoms with Gasteiger partial charge in [0.25, 0.3) is 5.69 Å². The fraction of sp³-hybridized carbons (Fsp3) is 0.300. The Morgan fingerprint density at radius 1 is 1.50 bits per heavy atom. The summed E-state index contributed by atoms with van der Waals surface area (Å²) in [4.78, 5) is 18.2. The van der Waals surface area contributed by atoms with E-state index in [0.717, 1.165) is 0 Å². The van der Waals surface area contributed by atoms with Gasteiger partial charge in [0.1, 0.15) is 5.82 Å². The lowest BCUT2D eigenvalue weighted by Gasteiger charge is -2.04. The molecule has 18 heavy (non-hydrogen) atoms. The molecule has 0 atom stereocenters. The number of hydrogen-bond acceptors (Lipinski definition) is 7. The molecule has 0 aliphatic heterocycles. The fourth-order valence-electron chi connectivity index (χ4n) is 1.41. The summed E-state index contributed by atoms with van der Waals surface area (Å²) in [7, 11) is 0. The number of hydrogen-bond donors (Lipinski definition) is 1. The zero-order valence-electron chi connectivity index (χ0n) is 9.66. The quantitative estimate of drug-likeness (QED) is 0.629. The van der Waals surface area contributed by atoms with E-state index in [1.807, 2.05) is 0 Å². The summed E-state index contributed by atoms with van der Waals surface area (Å²) in [5, 5.41) is 17.4. The van der Waals surface area contributed by atoms with Gasteiger partial charge in [-0.05, 0) is 6.92 Å². The Balaban J connectivity index is 1.97. The summed E-state index contributed by atoms with van der Waals surface area (Å²) in [6.45, 7) is 2.17. The summed E-state index contributed by atoms with van der Waals surface area (Å²) in [5.74, 6) is 1.03. The van der Waals surface area contributed by atoms with E-state index < -0.39 is 4.92 Å². The van der Waals surface area contributed by atoms with Crippen LogP contribution in [0.3, 0.4) is 0 Å². The van der Waals surface area contributed by atoms with Crippen molar-refractivity contribution in [1.82, 2.24) is 15.1 Å². The van der Waals surface area contributed by atoms with Gasteiger partial charge in [-0.2, -0.15) is 4.98 Å². The van der Waals surface area contributed by atoms with Crippen molar-refractivity contribution in [2.24, 2.45) is 0 Å². The molecule has 8 nitrogen and oxygen atoms in total. The molecule has 0 bridgehead atoms. The minimum atomic E-state index is -0.429. The molecule has 1 N–H and O–H groups in total. The van der Waals surface area contributed by atoms with E-state index in [2.05, 4.69) is 25.0 Å². The lowest BCUT2D eigenvalue weighted by Crippen LogP contribution is -2.08. The van der Waals surface area contributed by atoms with Crippen LogP contribution in [0.4, 0.5) is 11.5 Å². The van der Waals surface area contributed by atoms with E-state index in [-0.39, 0.29) is 5.69 Å². The number of nitrogens with one attached hydrogen (secondary N) is 1. The highest BCUT2D eigenvalue weighted by atomic mass is 16.6. The second kappa shape index (κ2) is 5.21. The molecule has 0 amide bonds. The maximum atomic E-state index is 10.8. The van der Waals surface area contributed by atoms with E-state index in [1.165, 1.54) is 18.7 Å². The number of aryl methyl sites for hydroxylation is 1. The first-order valence-electron chi connectivity index (χ1n) is 5.27. The lowest BCUT2D eigenvalue weighted by atomic mass is 10.2. The standard InChI is InChI=1S/C10H11N5O3/c1-7-5-12-10(4-8(7)15(16)17)11-3-2-9-13-6-18-14-9/h4-6H,2-3H2,1H3,(H,11,12). The highest BCUT2D eigenvalue weighted by Crippen LogP contribution is 2.19. The molecule has 0 aliphatic carbocycles. The van der Waals surface area contributed by atoms with Gasteiger partial charge in [0.05, 0.1) is 11.0 Å². The van der Waals surface area contributed by atoms with Gasteiger partial charge in [-0.1, -0.05) is 5.16 Å². The van der Waals surface area contributed by atoms with Crippen molar-refractivity contribution < 1.29 is 9.45 Å². The molecular weight excluding hydrogens is 238 g/mol. The lowest BCUT2D eigenvalue weighted by molar-refractivity contribution is -0.385. The maximum Gasteiger partial charge on any atom is 0.277 e. The van der Waals surface area contributed by atoms with Crippen LogP contribution in [-0.4, -0.2) is 26.6 Å². The summed E-state index contributed by atoms with van der Waals surface area (Å²) in [5.41, 5.74) is 0.579. The molecule has 0 saturated heterocycles. The highest BCUT2D eigenvalue weighted by molar-refractivity contribution is 5.48. The number of anilines is 1. The topological polar surface area (TPSA) is 107 Å². The van der Waals surface area contributed by atoms with E-state index in [0.29, 0.717) is 30.2 Å². The van der Waals surface area contributed by atoms with Gasteiger partial charge in [0.15, 0.2) is 5.82 Å². The van der Waals surface area contributed by atoms with Gasteiger partial charge in [-0.15, -0.1) is 0 Å². The van der Waals surface area contributed by atoms with Crippen molar-refractivity contribution in [3.05, 3.63) is 40.2 Å². The summed E-state index contributed by atoms with van der Waals surface area (Å²) < 4.78 is 4.59. The molecule has 94 valence electrons. The molecule has 0 aliphatic rings. The Morgan fingerprint density at radius 2 is 2.33 bits per heavy atom. The third kappa shape index (κ3) is 2.78. The third-order valence-corrected chi connectivity index (χ3v) is 2.33. The zero-order chi connectivity index (χ0) is 13.0. The zero-order valence-corrected chi connectivity index (χ0v) is 9.66. The number of pyridine rings is 1. The Kier molecular flexibility index (Phi) is 3.46. The normalized spacial score (nSPS) is 10.3. The van der Waals surface area contributed by atoms with Crippen molar-refractivity contribution in [1.29, 1.82) is 0 Å². The average Bonchev–Trinajstić information content (AvgIpc) is 2.84. The molecule has 2 rings (SSSR count). The Hall–Kier alpha value is -2.51. The van der Waals surface area contributed by atoms with Gasteiger partial charge >= 0.3 is 0 Å². The van der Waals surface area contributed by atoms with Crippen molar-refractivity contribution in [2.45, 2.75) is 13.3 Å². The van der Waals surface area contributed by atoms with Gasteiger partial charge in [-0.25, -0.2) is 4.98 Å². The predicted molar refractivity (Wildman–Crippen MR) is 62.1 cm³/mol. The van der Waals surface area contributed by atoms with Crippen molar-refractivity contribution in [2.75, 3.05) is 11.9 Å². The second-order valence-corrected chi connectivity index (χ2v) is 3.64.